The number of nitrogens with one attached hydrogen (secondary N) is 1. The van der Waals surface area contributed by atoms with Gasteiger partial charge in [0.2, 0.25) is 5.91 Å². The quantitative estimate of drug-likeness (QED) is 0.860. The van der Waals surface area contributed by atoms with E-state index in [1.54, 1.807) is 24.5 Å². The van der Waals surface area contributed by atoms with Crippen LogP contribution in [0.3, 0.4) is 0 Å². The maximum atomic E-state index is 12.5. The van der Waals surface area contributed by atoms with Crippen molar-refractivity contribution in [3.63, 3.8) is 0 Å². The molecule has 1 N–H and O–H groups in total. The van der Waals surface area contributed by atoms with E-state index in [0.29, 0.717) is 5.56 Å². The van der Waals surface area contributed by atoms with E-state index in [-0.39, 0.29) is 17.7 Å². The molecule has 5 heteroatoms. The Kier molecular flexibility index (Phi) is 4.37. The lowest BCUT2D eigenvalue weighted by atomic mass is 10.1. The average molecular weight is 310 g/mol. The lowest BCUT2D eigenvalue weighted by Gasteiger charge is -2.16. The first-order chi connectivity index (χ1) is 11.2. The fourth-order valence-corrected chi connectivity index (χ4v) is 2.75. The van der Waals surface area contributed by atoms with Crippen LogP contribution in [0.5, 0.6) is 0 Å². The fraction of sp³-hybridized carbons (Fsp3) is 0.278. The Balaban J connectivity index is 1.69. The molecule has 1 amide bonds. The number of hydrogen-bond donors (Lipinski definition) is 1. The smallest absolute Gasteiger partial charge is 0.333 e. The van der Waals surface area contributed by atoms with Crippen LogP contribution < -0.4 is 5.32 Å². The second kappa shape index (κ2) is 6.60. The first-order valence-corrected chi connectivity index (χ1v) is 7.53. The van der Waals surface area contributed by atoms with Gasteiger partial charge in [0.25, 0.3) is 0 Å². The predicted molar refractivity (Wildman–Crippen MR) is 84.4 cm³/mol. The van der Waals surface area contributed by atoms with E-state index in [1.165, 1.54) is 7.11 Å². The summed E-state index contributed by atoms with van der Waals surface area (Å²) in [6, 6.07) is 12.6. The van der Waals surface area contributed by atoms with Crippen LogP contribution in [0, 0.1) is 5.92 Å². The zero-order valence-electron chi connectivity index (χ0n) is 12.8. The Bertz CT molecular complexity index is 688. The number of nitrogens with zero attached hydrogens (tertiary/aromatic N) is 1. The summed E-state index contributed by atoms with van der Waals surface area (Å²) < 4.78 is 4.80. The minimum absolute atomic E-state index is 0.0961. The molecule has 1 aliphatic carbocycles. The second-order valence-electron chi connectivity index (χ2n) is 5.61. The molecule has 3 rings (SSSR count). The number of carbonyl (C=O) groups is 2. The zero-order chi connectivity index (χ0) is 16.2. The van der Waals surface area contributed by atoms with Crippen molar-refractivity contribution >= 4 is 11.9 Å². The Morgan fingerprint density at radius 2 is 2.00 bits per heavy atom. The Hall–Kier alpha value is -2.69. The van der Waals surface area contributed by atoms with Gasteiger partial charge in [-0.2, -0.15) is 0 Å². The first-order valence-electron chi connectivity index (χ1n) is 7.53. The van der Waals surface area contributed by atoms with Crippen molar-refractivity contribution in [3.8, 4) is 0 Å². The maximum Gasteiger partial charge on any atom is 0.333 e. The van der Waals surface area contributed by atoms with Crippen LogP contribution in [0.2, 0.25) is 0 Å². The number of ether oxygens (including phenoxy) is 1. The third-order valence-corrected chi connectivity index (χ3v) is 4.10. The van der Waals surface area contributed by atoms with Gasteiger partial charge in [0.1, 0.15) is 0 Å². The van der Waals surface area contributed by atoms with Gasteiger partial charge in [-0.3, -0.25) is 9.78 Å². The molecule has 3 atom stereocenters. The van der Waals surface area contributed by atoms with Crippen LogP contribution in [0.4, 0.5) is 0 Å². The van der Waals surface area contributed by atoms with Crippen molar-refractivity contribution < 1.29 is 14.3 Å². The molecule has 0 spiro atoms. The number of carbonyl (C=O) groups excluding carboxylic acids is 2. The number of rotatable bonds is 5. The minimum Gasteiger partial charge on any atom is -0.467 e. The lowest BCUT2D eigenvalue weighted by Crippen LogP contribution is -2.35. The molecular weight excluding hydrogens is 292 g/mol. The SMILES string of the molecule is COC(=O)[C@H](NC(=O)[C@H]1C[C@@H]1c1ccccc1)c1cccnc1. The third-order valence-electron chi connectivity index (χ3n) is 4.10. The van der Waals surface area contributed by atoms with Gasteiger partial charge < -0.3 is 10.1 Å². The monoisotopic (exact) mass is 310 g/mol. The van der Waals surface area contributed by atoms with Gasteiger partial charge in [-0.15, -0.1) is 0 Å². The summed E-state index contributed by atoms with van der Waals surface area (Å²) in [6.45, 7) is 0. The van der Waals surface area contributed by atoms with Gasteiger partial charge >= 0.3 is 5.97 Å². The van der Waals surface area contributed by atoms with Gasteiger partial charge in [-0.1, -0.05) is 36.4 Å². The highest BCUT2D eigenvalue weighted by Crippen LogP contribution is 2.47. The molecule has 1 aromatic heterocycles. The van der Waals surface area contributed by atoms with Crippen LogP contribution >= 0.6 is 0 Å². The molecule has 2 aromatic rings. The third kappa shape index (κ3) is 3.39. The number of pyridine rings is 1. The standard InChI is InChI=1S/C18H18N2O3/c1-23-18(22)16(13-8-5-9-19-11-13)20-17(21)15-10-14(15)12-6-3-2-4-7-12/h2-9,11,14-16H,10H2,1H3,(H,20,21)/t14-,15+,16-/m1/s1. The normalized spacial score (nSPS) is 20.4. The van der Waals surface area contributed by atoms with E-state index in [4.69, 9.17) is 4.74 Å². The first kappa shape index (κ1) is 15.2. The summed E-state index contributed by atoms with van der Waals surface area (Å²) in [7, 11) is 1.31. The molecule has 0 radical (unpaired) electrons. The largest absolute Gasteiger partial charge is 0.467 e. The molecule has 0 aliphatic heterocycles. The topological polar surface area (TPSA) is 68.3 Å². The Morgan fingerprint density at radius 3 is 2.65 bits per heavy atom. The van der Waals surface area contributed by atoms with Crippen LogP contribution in [0.15, 0.2) is 54.9 Å². The summed E-state index contributed by atoms with van der Waals surface area (Å²) in [4.78, 5) is 28.4. The van der Waals surface area contributed by atoms with E-state index in [0.717, 1.165) is 12.0 Å². The molecule has 0 bridgehead atoms. The summed E-state index contributed by atoms with van der Waals surface area (Å²) >= 11 is 0. The Labute approximate surface area is 134 Å². The average Bonchev–Trinajstić information content (AvgIpc) is 3.41. The van der Waals surface area contributed by atoms with Gasteiger partial charge in [0.15, 0.2) is 6.04 Å². The van der Waals surface area contributed by atoms with Crippen LogP contribution in [-0.2, 0) is 14.3 Å². The molecule has 1 aromatic carbocycles. The number of aromatic nitrogens is 1. The molecule has 5 nitrogen and oxygen atoms in total. The fourth-order valence-electron chi connectivity index (χ4n) is 2.75. The Morgan fingerprint density at radius 1 is 1.22 bits per heavy atom. The van der Waals surface area contributed by atoms with Crippen LogP contribution in [-0.4, -0.2) is 24.0 Å². The molecule has 1 saturated carbocycles. The number of benzene rings is 1. The number of amides is 1. The highest BCUT2D eigenvalue weighted by molar-refractivity contribution is 5.88. The zero-order valence-corrected chi connectivity index (χ0v) is 12.8. The van der Waals surface area contributed by atoms with Crippen LogP contribution in [0.25, 0.3) is 0 Å². The summed E-state index contributed by atoms with van der Waals surface area (Å²) in [6.07, 6.45) is 3.98. The van der Waals surface area contributed by atoms with E-state index < -0.39 is 12.0 Å². The van der Waals surface area contributed by atoms with E-state index in [1.807, 2.05) is 30.3 Å². The van der Waals surface area contributed by atoms with E-state index >= 15 is 0 Å². The van der Waals surface area contributed by atoms with Crippen molar-refractivity contribution in [2.75, 3.05) is 7.11 Å². The van der Waals surface area contributed by atoms with Gasteiger partial charge in [0, 0.05) is 23.9 Å². The molecule has 118 valence electrons. The molecule has 0 saturated heterocycles. The van der Waals surface area contributed by atoms with Crippen LogP contribution in [0.1, 0.15) is 29.5 Å². The van der Waals surface area contributed by atoms with Gasteiger partial charge in [-0.25, -0.2) is 4.79 Å². The predicted octanol–water partition coefficient (Wildman–Crippen LogP) is 2.22. The maximum absolute atomic E-state index is 12.5. The molecule has 23 heavy (non-hydrogen) atoms. The summed E-state index contributed by atoms with van der Waals surface area (Å²) in [5, 5.41) is 2.79. The molecule has 1 aliphatic rings. The lowest BCUT2D eigenvalue weighted by molar-refractivity contribution is -0.145. The van der Waals surface area contributed by atoms with E-state index in [9.17, 15) is 9.59 Å². The van der Waals surface area contributed by atoms with Gasteiger partial charge in [0.05, 0.1) is 7.11 Å². The van der Waals surface area contributed by atoms with Gasteiger partial charge in [-0.05, 0) is 24.0 Å². The highest BCUT2D eigenvalue weighted by atomic mass is 16.5. The van der Waals surface area contributed by atoms with Crippen molar-refractivity contribution in [1.29, 1.82) is 0 Å². The molecule has 1 heterocycles. The van der Waals surface area contributed by atoms with Crippen molar-refractivity contribution in [2.45, 2.75) is 18.4 Å². The van der Waals surface area contributed by atoms with Crippen molar-refractivity contribution in [2.24, 2.45) is 5.92 Å². The van der Waals surface area contributed by atoms with Crippen molar-refractivity contribution in [1.82, 2.24) is 10.3 Å². The number of methoxy groups -OCH3 is 1. The highest BCUT2D eigenvalue weighted by Gasteiger charge is 2.45. The molecule has 1 fully saturated rings. The number of esters is 1. The number of hydrogen-bond acceptors (Lipinski definition) is 4. The second-order valence-corrected chi connectivity index (χ2v) is 5.61. The van der Waals surface area contributed by atoms with E-state index in [2.05, 4.69) is 10.3 Å². The summed E-state index contributed by atoms with van der Waals surface area (Å²) in [5.41, 5.74) is 1.77. The minimum atomic E-state index is -0.821. The molecular formula is C18H18N2O3. The molecule has 0 unspecified atom stereocenters. The summed E-state index contributed by atoms with van der Waals surface area (Å²) in [5.74, 6) is -0.494. The van der Waals surface area contributed by atoms with Crippen molar-refractivity contribution in [3.05, 3.63) is 66.0 Å².